The number of anilines is 1. The minimum Gasteiger partial charge on any atom is -0.385 e. The highest BCUT2D eigenvalue weighted by Gasteiger charge is 1.98. The summed E-state index contributed by atoms with van der Waals surface area (Å²) in [6.45, 7) is 3.11. The molecule has 0 aliphatic carbocycles. The monoisotopic (exact) mass is 271 g/mol. The van der Waals surface area contributed by atoms with Crippen molar-refractivity contribution < 1.29 is 4.39 Å². The molecule has 0 unspecified atom stereocenters. The Bertz CT molecular complexity index is 321. The molecule has 0 aliphatic rings. The maximum Gasteiger partial charge on any atom is 0.126 e. The lowest BCUT2D eigenvalue weighted by atomic mass is 10.1. The van der Waals surface area contributed by atoms with Crippen molar-refractivity contribution in [3.05, 3.63) is 29.0 Å². The number of hydrogen-bond acceptors (Lipinski definition) is 1. The van der Waals surface area contributed by atoms with E-state index < -0.39 is 0 Å². The molecule has 0 bridgehead atoms. The van der Waals surface area contributed by atoms with E-state index in [2.05, 4.69) is 12.2 Å². The second-order valence-corrected chi connectivity index (χ2v) is 5.14. The molecular formula is C15H23ClFN. The van der Waals surface area contributed by atoms with Crippen LogP contribution in [-0.2, 0) is 0 Å². The first-order valence-corrected chi connectivity index (χ1v) is 7.30. The van der Waals surface area contributed by atoms with Crippen LogP contribution in [0.25, 0.3) is 0 Å². The van der Waals surface area contributed by atoms with Gasteiger partial charge in [0.15, 0.2) is 0 Å². The molecule has 0 radical (unpaired) electrons. The van der Waals surface area contributed by atoms with Crippen molar-refractivity contribution in [2.24, 2.45) is 0 Å². The van der Waals surface area contributed by atoms with Crippen molar-refractivity contribution in [3.8, 4) is 0 Å². The largest absolute Gasteiger partial charge is 0.385 e. The van der Waals surface area contributed by atoms with E-state index in [0.717, 1.165) is 18.7 Å². The summed E-state index contributed by atoms with van der Waals surface area (Å²) >= 11 is 5.78. The normalized spacial score (nSPS) is 10.6. The van der Waals surface area contributed by atoms with Crippen LogP contribution in [0.1, 0.15) is 51.9 Å². The predicted molar refractivity (Wildman–Crippen MR) is 77.9 cm³/mol. The SMILES string of the molecule is CCCCCCCCCNc1cc(F)cc(Cl)c1. The third-order valence-electron chi connectivity index (χ3n) is 2.97. The molecule has 0 aromatic heterocycles. The van der Waals surface area contributed by atoms with E-state index in [1.165, 1.54) is 50.7 Å². The predicted octanol–water partition coefficient (Wildman–Crippen LogP) is 5.64. The molecule has 0 fully saturated rings. The third-order valence-corrected chi connectivity index (χ3v) is 3.19. The van der Waals surface area contributed by atoms with Crippen molar-refractivity contribution in [1.82, 2.24) is 0 Å². The Labute approximate surface area is 115 Å². The molecule has 0 heterocycles. The molecule has 0 saturated heterocycles. The van der Waals surface area contributed by atoms with Gasteiger partial charge in [0.1, 0.15) is 5.82 Å². The second-order valence-electron chi connectivity index (χ2n) is 4.71. The molecule has 0 saturated carbocycles. The van der Waals surface area contributed by atoms with E-state index in [0.29, 0.717) is 5.02 Å². The van der Waals surface area contributed by atoms with Crippen LogP contribution in [0, 0.1) is 5.82 Å². The van der Waals surface area contributed by atoms with E-state index in [1.54, 1.807) is 6.07 Å². The van der Waals surface area contributed by atoms with Gasteiger partial charge >= 0.3 is 0 Å². The molecule has 0 amide bonds. The summed E-state index contributed by atoms with van der Waals surface area (Å²) in [5, 5.41) is 3.65. The van der Waals surface area contributed by atoms with Gasteiger partial charge in [0, 0.05) is 17.3 Å². The molecule has 0 aliphatic heterocycles. The van der Waals surface area contributed by atoms with Gasteiger partial charge in [-0.15, -0.1) is 0 Å². The molecule has 0 atom stereocenters. The average Bonchev–Trinajstić information content (AvgIpc) is 2.31. The Morgan fingerprint density at radius 3 is 2.33 bits per heavy atom. The summed E-state index contributed by atoms with van der Waals surface area (Å²) < 4.78 is 13.1. The Morgan fingerprint density at radius 2 is 1.67 bits per heavy atom. The summed E-state index contributed by atoms with van der Waals surface area (Å²) in [6.07, 6.45) is 8.98. The lowest BCUT2D eigenvalue weighted by molar-refractivity contribution is 0.596. The molecule has 1 aromatic rings. The highest BCUT2D eigenvalue weighted by atomic mass is 35.5. The lowest BCUT2D eigenvalue weighted by Crippen LogP contribution is -2.01. The van der Waals surface area contributed by atoms with Crippen LogP contribution in [0.5, 0.6) is 0 Å². The summed E-state index contributed by atoms with van der Waals surface area (Å²) in [5.41, 5.74) is 0.769. The number of benzene rings is 1. The highest BCUT2D eigenvalue weighted by Crippen LogP contribution is 2.18. The first-order valence-electron chi connectivity index (χ1n) is 6.92. The van der Waals surface area contributed by atoms with Crippen molar-refractivity contribution in [1.29, 1.82) is 0 Å². The molecule has 1 nitrogen and oxygen atoms in total. The molecule has 102 valence electrons. The van der Waals surface area contributed by atoms with Gasteiger partial charge in [0.05, 0.1) is 0 Å². The zero-order chi connectivity index (χ0) is 13.2. The van der Waals surface area contributed by atoms with Crippen molar-refractivity contribution in [3.63, 3.8) is 0 Å². The van der Waals surface area contributed by atoms with E-state index >= 15 is 0 Å². The molecule has 1 aromatic carbocycles. The number of nitrogens with one attached hydrogen (secondary N) is 1. The third kappa shape index (κ3) is 6.85. The van der Waals surface area contributed by atoms with E-state index in [9.17, 15) is 4.39 Å². The van der Waals surface area contributed by atoms with Crippen LogP contribution < -0.4 is 5.32 Å². The van der Waals surface area contributed by atoms with Crippen LogP contribution in [0.2, 0.25) is 5.02 Å². The Kier molecular flexibility index (Phi) is 7.83. The standard InChI is InChI=1S/C15H23ClFN/c1-2-3-4-5-6-7-8-9-18-15-11-13(16)10-14(17)12-15/h10-12,18H,2-9H2,1H3. The van der Waals surface area contributed by atoms with Gasteiger partial charge in [-0.2, -0.15) is 0 Å². The van der Waals surface area contributed by atoms with Crippen LogP contribution in [0.4, 0.5) is 10.1 Å². The fourth-order valence-electron chi connectivity index (χ4n) is 1.97. The topological polar surface area (TPSA) is 12.0 Å². The van der Waals surface area contributed by atoms with Gasteiger partial charge in [-0.05, 0) is 24.6 Å². The first kappa shape index (κ1) is 15.3. The van der Waals surface area contributed by atoms with Gasteiger partial charge in [-0.25, -0.2) is 4.39 Å². The van der Waals surface area contributed by atoms with Crippen LogP contribution in [0.15, 0.2) is 18.2 Å². The summed E-state index contributed by atoms with van der Waals surface area (Å²) in [5.74, 6) is -0.287. The lowest BCUT2D eigenvalue weighted by Gasteiger charge is -2.07. The number of unbranched alkanes of at least 4 members (excludes halogenated alkanes) is 6. The van der Waals surface area contributed by atoms with Gasteiger partial charge in [0.2, 0.25) is 0 Å². The first-order chi connectivity index (χ1) is 8.72. The zero-order valence-corrected chi connectivity index (χ0v) is 11.9. The van der Waals surface area contributed by atoms with Crippen molar-refractivity contribution >= 4 is 17.3 Å². The van der Waals surface area contributed by atoms with Crippen molar-refractivity contribution in [2.75, 3.05) is 11.9 Å². The molecule has 0 spiro atoms. The molecular weight excluding hydrogens is 249 g/mol. The number of rotatable bonds is 9. The maximum absolute atomic E-state index is 13.1. The van der Waals surface area contributed by atoms with E-state index in [1.807, 2.05) is 0 Å². The smallest absolute Gasteiger partial charge is 0.126 e. The number of halogens is 2. The van der Waals surface area contributed by atoms with E-state index in [4.69, 9.17) is 11.6 Å². The number of hydrogen-bond donors (Lipinski definition) is 1. The molecule has 18 heavy (non-hydrogen) atoms. The van der Waals surface area contributed by atoms with Gasteiger partial charge in [-0.1, -0.05) is 57.0 Å². The van der Waals surface area contributed by atoms with Crippen LogP contribution in [0.3, 0.4) is 0 Å². The highest BCUT2D eigenvalue weighted by molar-refractivity contribution is 6.30. The molecule has 3 heteroatoms. The summed E-state index contributed by atoms with van der Waals surface area (Å²) in [6, 6.07) is 4.56. The van der Waals surface area contributed by atoms with Gasteiger partial charge < -0.3 is 5.32 Å². The van der Waals surface area contributed by atoms with Gasteiger partial charge in [0.25, 0.3) is 0 Å². The second kappa shape index (κ2) is 9.21. The van der Waals surface area contributed by atoms with Crippen LogP contribution in [-0.4, -0.2) is 6.54 Å². The Balaban J connectivity index is 2.07. The quantitative estimate of drug-likeness (QED) is 0.573. The minimum absolute atomic E-state index is 0.287. The average molecular weight is 272 g/mol. The summed E-state index contributed by atoms with van der Waals surface area (Å²) in [4.78, 5) is 0. The van der Waals surface area contributed by atoms with E-state index in [-0.39, 0.29) is 5.82 Å². The van der Waals surface area contributed by atoms with Gasteiger partial charge in [-0.3, -0.25) is 0 Å². The summed E-state index contributed by atoms with van der Waals surface area (Å²) in [7, 11) is 0. The van der Waals surface area contributed by atoms with Crippen LogP contribution >= 0.6 is 11.6 Å². The van der Waals surface area contributed by atoms with Crippen molar-refractivity contribution in [2.45, 2.75) is 51.9 Å². The zero-order valence-electron chi connectivity index (χ0n) is 11.1. The molecule has 1 N–H and O–H groups in total. The minimum atomic E-state index is -0.287. The fourth-order valence-corrected chi connectivity index (χ4v) is 2.19. The maximum atomic E-state index is 13.1. The Morgan fingerprint density at radius 1 is 1.00 bits per heavy atom. The fraction of sp³-hybridized carbons (Fsp3) is 0.600. The molecule has 1 rings (SSSR count). The Hall–Kier alpha value is -0.760.